The van der Waals surface area contributed by atoms with Crippen LogP contribution in [0.25, 0.3) is 0 Å². The topological polar surface area (TPSA) is 85.3 Å². The fourth-order valence-corrected chi connectivity index (χ4v) is 4.79. The van der Waals surface area contributed by atoms with Gasteiger partial charge < -0.3 is 15.0 Å². The van der Waals surface area contributed by atoms with E-state index < -0.39 is 29.7 Å². The van der Waals surface area contributed by atoms with Gasteiger partial charge in [0.05, 0.1) is 12.6 Å². The Balaban J connectivity index is 2.02. The lowest BCUT2D eigenvalue weighted by molar-refractivity contribution is -0.148. The van der Waals surface area contributed by atoms with Crippen LogP contribution >= 0.6 is 35.4 Å². The third-order valence-electron chi connectivity index (χ3n) is 5.48. The Hall–Kier alpha value is -2.59. The monoisotopic (exact) mass is 510 g/mol. The number of carbonyl (C=O) groups excluding carboxylic acids is 2. The van der Waals surface area contributed by atoms with E-state index in [1.165, 1.54) is 7.11 Å². The Morgan fingerprint density at radius 2 is 1.64 bits per heavy atom. The molecule has 1 heterocycles. The summed E-state index contributed by atoms with van der Waals surface area (Å²) in [5.74, 6) is -0.503. The van der Waals surface area contributed by atoms with Crippen LogP contribution in [0.1, 0.15) is 20.8 Å². The molecule has 33 heavy (non-hydrogen) atoms. The Morgan fingerprint density at radius 3 is 2.15 bits per heavy atom. The molecule has 2 aromatic carbocycles. The van der Waals surface area contributed by atoms with E-state index in [0.717, 1.165) is 0 Å². The third-order valence-corrected chi connectivity index (χ3v) is 6.38. The molecular weight excluding hydrogens is 487 g/mol. The van der Waals surface area contributed by atoms with E-state index in [9.17, 15) is 14.8 Å². The number of nitrogens with zero attached hydrogens (tertiary/aromatic N) is 3. The van der Waals surface area contributed by atoms with E-state index in [0.29, 0.717) is 26.5 Å². The number of rotatable bonds is 5. The van der Waals surface area contributed by atoms with Gasteiger partial charge in [-0.1, -0.05) is 23.2 Å². The molecule has 0 bridgehead atoms. The van der Waals surface area contributed by atoms with Crippen molar-refractivity contribution in [1.82, 2.24) is 9.96 Å². The van der Waals surface area contributed by atoms with Crippen molar-refractivity contribution < 1.29 is 19.5 Å². The van der Waals surface area contributed by atoms with Crippen molar-refractivity contribution in [3.63, 3.8) is 0 Å². The van der Waals surface area contributed by atoms with Gasteiger partial charge in [-0.25, -0.2) is 9.59 Å². The van der Waals surface area contributed by atoms with Crippen LogP contribution in [0, 0.1) is 0 Å². The average molecular weight is 511 g/mol. The Kier molecular flexibility index (Phi) is 7.38. The van der Waals surface area contributed by atoms with Crippen LogP contribution in [0.15, 0.2) is 48.5 Å². The third kappa shape index (κ3) is 4.86. The molecule has 8 nitrogen and oxygen atoms in total. The molecule has 176 valence electrons. The Labute approximate surface area is 207 Å². The zero-order valence-electron chi connectivity index (χ0n) is 18.5. The normalized spacial score (nSPS) is 18.2. The lowest BCUT2D eigenvalue weighted by atomic mass is 9.98. The summed E-state index contributed by atoms with van der Waals surface area (Å²) in [7, 11) is 1.29. The van der Waals surface area contributed by atoms with Crippen LogP contribution < -0.4 is 10.2 Å². The maximum absolute atomic E-state index is 13.0. The summed E-state index contributed by atoms with van der Waals surface area (Å²) >= 11 is 17.7. The van der Waals surface area contributed by atoms with Gasteiger partial charge in [-0.15, -0.1) is 0 Å². The predicted octanol–water partition coefficient (Wildman–Crippen LogP) is 4.99. The van der Waals surface area contributed by atoms with Crippen LogP contribution in [0.2, 0.25) is 10.0 Å². The van der Waals surface area contributed by atoms with Gasteiger partial charge >= 0.3 is 12.0 Å². The molecular formula is C22H24Cl2N4O4S. The first-order valence-corrected chi connectivity index (χ1v) is 11.2. The number of carbonyl (C=O) groups is 2. The number of esters is 1. The van der Waals surface area contributed by atoms with Crippen molar-refractivity contribution in [2.75, 3.05) is 17.3 Å². The van der Waals surface area contributed by atoms with Crippen molar-refractivity contribution in [1.29, 1.82) is 0 Å². The van der Waals surface area contributed by atoms with Crippen LogP contribution in [0.4, 0.5) is 16.2 Å². The molecule has 0 aliphatic carbocycles. The van der Waals surface area contributed by atoms with Crippen molar-refractivity contribution >= 4 is 63.9 Å². The first kappa shape index (κ1) is 25.0. The van der Waals surface area contributed by atoms with Gasteiger partial charge in [-0.2, -0.15) is 5.06 Å². The fraction of sp³-hybridized carbons (Fsp3) is 0.318. The van der Waals surface area contributed by atoms with E-state index in [-0.39, 0.29) is 5.11 Å². The molecule has 1 saturated heterocycles. The van der Waals surface area contributed by atoms with Gasteiger partial charge in [0.25, 0.3) is 0 Å². The maximum Gasteiger partial charge on any atom is 0.347 e. The lowest BCUT2D eigenvalue weighted by Crippen LogP contribution is -2.59. The van der Waals surface area contributed by atoms with E-state index in [1.807, 2.05) is 0 Å². The minimum Gasteiger partial charge on any atom is -0.467 e. The molecule has 2 atom stereocenters. The molecule has 0 radical (unpaired) electrons. The van der Waals surface area contributed by atoms with E-state index >= 15 is 0 Å². The van der Waals surface area contributed by atoms with Crippen LogP contribution in [-0.2, 0) is 9.53 Å². The van der Waals surface area contributed by atoms with Gasteiger partial charge in [0.2, 0.25) is 0 Å². The summed E-state index contributed by atoms with van der Waals surface area (Å²) in [5.41, 5.74) is 0.0243. The summed E-state index contributed by atoms with van der Waals surface area (Å²) in [6.07, 6.45) is -0.995. The molecule has 11 heteroatoms. The molecule has 1 fully saturated rings. The number of halogens is 2. The average Bonchev–Trinajstić information content (AvgIpc) is 2.99. The van der Waals surface area contributed by atoms with Gasteiger partial charge in [0.15, 0.2) is 11.3 Å². The molecule has 2 N–H and O–H groups in total. The predicted molar refractivity (Wildman–Crippen MR) is 132 cm³/mol. The van der Waals surface area contributed by atoms with Crippen molar-refractivity contribution in [2.24, 2.45) is 0 Å². The number of hydroxylamine groups is 2. The highest BCUT2D eigenvalue weighted by atomic mass is 35.5. The summed E-state index contributed by atoms with van der Waals surface area (Å²) in [5, 5.41) is 15.6. The number of amides is 2. The Bertz CT molecular complexity index is 1050. The molecule has 0 saturated carbocycles. The number of benzene rings is 2. The van der Waals surface area contributed by atoms with Gasteiger partial charge in [0.1, 0.15) is 6.04 Å². The van der Waals surface area contributed by atoms with Gasteiger partial charge in [-0.3, -0.25) is 10.1 Å². The second-order valence-corrected chi connectivity index (χ2v) is 9.25. The van der Waals surface area contributed by atoms with E-state index in [4.69, 9.17) is 40.2 Å². The van der Waals surface area contributed by atoms with Crippen molar-refractivity contribution in [2.45, 2.75) is 38.5 Å². The van der Waals surface area contributed by atoms with Crippen LogP contribution in [-0.4, -0.2) is 57.1 Å². The van der Waals surface area contributed by atoms with Crippen molar-refractivity contribution in [3.8, 4) is 0 Å². The van der Waals surface area contributed by atoms with Crippen LogP contribution in [0.3, 0.4) is 0 Å². The number of anilines is 2. The summed E-state index contributed by atoms with van der Waals surface area (Å²) in [6.45, 7) is 5.20. The molecule has 0 spiro atoms. The fourth-order valence-electron chi connectivity index (χ4n) is 3.94. The zero-order valence-corrected chi connectivity index (χ0v) is 20.8. The molecule has 0 aromatic heterocycles. The minimum absolute atomic E-state index is 0.239. The van der Waals surface area contributed by atoms with E-state index in [1.54, 1.807) is 79.1 Å². The second-order valence-electron chi connectivity index (χ2n) is 8.01. The zero-order chi connectivity index (χ0) is 24.5. The molecule has 2 amide bonds. The Morgan fingerprint density at radius 1 is 1.12 bits per heavy atom. The molecule has 1 aliphatic heterocycles. The highest BCUT2D eigenvalue weighted by molar-refractivity contribution is 7.80. The maximum atomic E-state index is 13.0. The number of thiocarbonyl (C=S) groups is 1. The molecule has 0 unspecified atom stereocenters. The highest BCUT2D eigenvalue weighted by Crippen LogP contribution is 2.40. The SMILES string of the molecule is COC(=O)[C@@H](C)N1C(=S)N(c2ccc(Cl)cc2)[C@@H](N(O)C(=O)Nc2ccc(Cl)cc2)C1(C)C. The number of hydrogen-bond donors (Lipinski definition) is 2. The smallest absolute Gasteiger partial charge is 0.347 e. The lowest BCUT2D eigenvalue weighted by Gasteiger charge is -2.40. The first-order valence-electron chi connectivity index (χ1n) is 9.99. The summed E-state index contributed by atoms with van der Waals surface area (Å²) in [4.78, 5) is 28.6. The second kappa shape index (κ2) is 9.72. The molecule has 2 aromatic rings. The van der Waals surface area contributed by atoms with Gasteiger partial charge in [-0.05, 0) is 81.5 Å². The van der Waals surface area contributed by atoms with Crippen LogP contribution in [0.5, 0.6) is 0 Å². The largest absolute Gasteiger partial charge is 0.467 e. The number of nitrogens with one attached hydrogen (secondary N) is 1. The summed E-state index contributed by atoms with van der Waals surface area (Å²) in [6, 6.07) is 11.7. The highest BCUT2D eigenvalue weighted by Gasteiger charge is 2.56. The molecule has 1 aliphatic rings. The number of methoxy groups -OCH3 is 1. The first-order chi connectivity index (χ1) is 15.5. The minimum atomic E-state index is -1.00. The number of ether oxygens (including phenoxy) is 1. The van der Waals surface area contributed by atoms with E-state index in [2.05, 4.69) is 5.32 Å². The quantitative estimate of drug-likeness (QED) is 0.253. The standard InChI is InChI=1S/C22H24Cl2N4O4S/c1-13(18(29)32-4)27-21(33)26(17-11-7-15(24)8-12-17)19(22(27,2)3)28(31)20(30)25-16-9-5-14(23)6-10-16/h5-13,19,31H,1-4H3,(H,25,30)/t13-,19+/m1/s1. The van der Waals surface area contributed by atoms with Gasteiger partial charge in [0, 0.05) is 21.4 Å². The molecule has 3 rings (SSSR count). The van der Waals surface area contributed by atoms with Crippen molar-refractivity contribution in [3.05, 3.63) is 58.6 Å². The number of urea groups is 1. The number of hydrogen-bond acceptors (Lipinski definition) is 5. The summed E-state index contributed by atoms with van der Waals surface area (Å²) < 4.78 is 4.91.